The van der Waals surface area contributed by atoms with Crippen molar-refractivity contribution in [2.24, 2.45) is 11.7 Å². The zero-order valence-electron chi connectivity index (χ0n) is 11.3. The molecular weight excluding hydrogens is 236 g/mol. The predicted molar refractivity (Wildman–Crippen MR) is 76.8 cm³/mol. The number of pyridine rings is 1. The highest BCUT2D eigenvalue weighted by Crippen LogP contribution is 2.35. The van der Waals surface area contributed by atoms with E-state index in [0.717, 1.165) is 19.4 Å². The zero-order valence-corrected chi connectivity index (χ0v) is 11.3. The number of fused-ring (bicyclic) bond motifs is 1. The largest absolute Gasteiger partial charge is 0.378 e. The zero-order chi connectivity index (χ0) is 13.2. The maximum absolute atomic E-state index is 6.52. The van der Waals surface area contributed by atoms with Gasteiger partial charge < -0.3 is 10.5 Å². The molecule has 3 atom stereocenters. The molecule has 2 N–H and O–H groups in total. The summed E-state index contributed by atoms with van der Waals surface area (Å²) < 4.78 is 5.77. The summed E-state index contributed by atoms with van der Waals surface area (Å²) >= 11 is 0. The van der Waals surface area contributed by atoms with Gasteiger partial charge in [0, 0.05) is 36.3 Å². The first kappa shape index (κ1) is 12.6. The fourth-order valence-corrected chi connectivity index (χ4v) is 3.15. The van der Waals surface area contributed by atoms with Crippen LogP contribution >= 0.6 is 0 Å². The quantitative estimate of drug-likeness (QED) is 0.918. The molecule has 1 fully saturated rings. The van der Waals surface area contributed by atoms with Crippen LogP contribution in [0.5, 0.6) is 0 Å². The fourth-order valence-electron chi connectivity index (χ4n) is 3.15. The number of nitrogens with zero attached hydrogens (tertiary/aromatic N) is 1. The number of ether oxygens (including phenoxy) is 1. The predicted octanol–water partition coefficient (Wildman–Crippen LogP) is 3.05. The van der Waals surface area contributed by atoms with Gasteiger partial charge in [0.15, 0.2) is 0 Å². The normalized spacial score (nSPS) is 24.7. The molecule has 0 saturated carbocycles. The van der Waals surface area contributed by atoms with Crippen LogP contribution in [-0.2, 0) is 4.74 Å². The fraction of sp³-hybridized carbons (Fsp3) is 0.438. The Hall–Kier alpha value is -1.45. The average molecular weight is 256 g/mol. The van der Waals surface area contributed by atoms with Crippen LogP contribution in [0.15, 0.2) is 36.7 Å². The van der Waals surface area contributed by atoms with E-state index in [4.69, 9.17) is 10.5 Å². The van der Waals surface area contributed by atoms with Gasteiger partial charge in [-0.05, 0) is 29.9 Å². The molecule has 0 spiro atoms. The monoisotopic (exact) mass is 256 g/mol. The van der Waals surface area contributed by atoms with Crippen LogP contribution in [0.1, 0.15) is 31.4 Å². The highest BCUT2D eigenvalue weighted by atomic mass is 16.5. The van der Waals surface area contributed by atoms with E-state index in [2.05, 4.69) is 30.1 Å². The molecule has 100 valence electrons. The topological polar surface area (TPSA) is 48.1 Å². The number of benzene rings is 1. The first-order valence-corrected chi connectivity index (χ1v) is 7.01. The van der Waals surface area contributed by atoms with E-state index >= 15 is 0 Å². The van der Waals surface area contributed by atoms with Crippen LogP contribution in [0, 0.1) is 5.92 Å². The number of hydrogen-bond donors (Lipinski definition) is 1. The van der Waals surface area contributed by atoms with E-state index in [1.807, 2.05) is 18.5 Å². The van der Waals surface area contributed by atoms with Gasteiger partial charge in [0.1, 0.15) is 0 Å². The van der Waals surface area contributed by atoms with E-state index in [0.29, 0.717) is 12.0 Å². The van der Waals surface area contributed by atoms with Gasteiger partial charge in [-0.25, -0.2) is 0 Å². The third-order valence-corrected chi connectivity index (χ3v) is 4.20. The minimum atomic E-state index is 0.0281. The Bertz CT molecular complexity index is 564. The van der Waals surface area contributed by atoms with Gasteiger partial charge in [-0.15, -0.1) is 0 Å². The summed E-state index contributed by atoms with van der Waals surface area (Å²) in [5.74, 6) is 0.413. The van der Waals surface area contributed by atoms with E-state index in [1.54, 1.807) is 0 Å². The maximum atomic E-state index is 6.52. The number of rotatable bonds is 3. The van der Waals surface area contributed by atoms with Crippen molar-refractivity contribution < 1.29 is 4.74 Å². The highest BCUT2D eigenvalue weighted by Gasteiger charge is 2.32. The van der Waals surface area contributed by atoms with Crippen LogP contribution in [0.3, 0.4) is 0 Å². The van der Waals surface area contributed by atoms with Crippen molar-refractivity contribution in [3.63, 3.8) is 0 Å². The van der Waals surface area contributed by atoms with Gasteiger partial charge in [0.25, 0.3) is 0 Å². The molecule has 3 rings (SSSR count). The molecule has 2 aromatic rings. The Morgan fingerprint density at radius 1 is 1.42 bits per heavy atom. The maximum Gasteiger partial charge on any atom is 0.0619 e. The van der Waals surface area contributed by atoms with Crippen molar-refractivity contribution in [1.82, 2.24) is 4.98 Å². The minimum absolute atomic E-state index is 0.0281. The lowest BCUT2D eigenvalue weighted by molar-refractivity contribution is 0.0814. The lowest BCUT2D eigenvalue weighted by Crippen LogP contribution is -2.28. The average Bonchev–Trinajstić information content (AvgIpc) is 2.94. The number of nitrogens with two attached hydrogens (primary N) is 1. The molecule has 3 heteroatoms. The van der Waals surface area contributed by atoms with Crippen molar-refractivity contribution in [1.29, 1.82) is 0 Å². The van der Waals surface area contributed by atoms with Gasteiger partial charge in [-0.2, -0.15) is 0 Å². The van der Waals surface area contributed by atoms with Crippen LogP contribution in [0.2, 0.25) is 0 Å². The molecule has 0 bridgehead atoms. The minimum Gasteiger partial charge on any atom is -0.378 e. The Labute approximate surface area is 113 Å². The second kappa shape index (κ2) is 5.27. The molecule has 1 aromatic carbocycles. The Balaban J connectivity index is 1.99. The van der Waals surface area contributed by atoms with Crippen molar-refractivity contribution >= 4 is 10.8 Å². The lowest BCUT2D eigenvalue weighted by Gasteiger charge is -2.25. The molecule has 1 aliphatic heterocycles. The Kier molecular flexibility index (Phi) is 3.49. The Morgan fingerprint density at radius 3 is 3.16 bits per heavy atom. The van der Waals surface area contributed by atoms with E-state index in [-0.39, 0.29) is 6.04 Å². The molecule has 1 saturated heterocycles. The summed E-state index contributed by atoms with van der Waals surface area (Å²) in [5, 5.41) is 2.37. The summed E-state index contributed by atoms with van der Waals surface area (Å²) in [7, 11) is 0. The summed E-state index contributed by atoms with van der Waals surface area (Å²) in [5.41, 5.74) is 7.72. The van der Waals surface area contributed by atoms with Gasteiger partial charge in [0.05, 0.1) is 6.10 Å². The second-order valence-corrected chi connectivity index (χ2v) is 5.24. The third kappa shape index (κ3) is 2.24. The van der Waals surface area contributed by atoms with Crippen molar-refractivity contribution in [2.75, 3.05) is 6.61 Å². The Morgan fingerprint density at radius 2 is 2.32 bits per heavy atom. The summed E-state index contributed by atoms with van der Waals surface area (Å²) in [6.45, 7) is 3.00. The third-order valence-electron chi connectivity index (χ3n) is 4.20. The molecule has 0 aliphatic carbocycles. The second-order valence-electron chi connectivity index (χ2n) is 5.24. The number of aromatic nitrogens is 1. The summed E-state index contributed by atoms with van der Waals surface area (Å²) in [6, 6.07) is 8.37. The van der Waals surface area contributed by atoms with Crippen LogP contribution in [0.25, 0.3) is 10.8 Å². The molecule has 0 radical (unpaired) electrons. The van der Waals surface area contributed by atoms with Gasteiger partial charge in [-0.3, -0.25) is 4.98 Å². The molecule has 3 unspecified atom stereocenters. The number of hydrogen-bond acceptors (Lipinski definition) is 3. The van der Waals surface area contributed by atoms with Crippen LogP contribution < -0.4 is 5.73 Å². The first-order chi connectivity index (χ1) is 9.31. The van der Waals surface area contributed by atoms with Gasteiger partial charge in [-0.1, -0.05) is 25.1 Å². The van der Waals surface area contributed by atoms with Crippen molar-refractivity contribution in [3.8, 4) is 0 Å². The molecular formula is C16H20N2O. The molecule has 2 heterocycles. The van der Waals surface area contributed by atoms with E-state index < -0.39 is 0 Å². The van der Waals surface area contributed by atoms with E-state index in [1.165, 1.54) is 16.3 Å². The van der Waals surface area contributed by atoms with Crippen molar-refractivity contribution in [2.45, 2.75) is 31.9 Å². The van der Waals surface area contributed by atoms with Crippen LogP contribution in [0.4, 0.5) is 0 Å². The molecule has 1 aliphatic rings. The van der Waals surface area contributed by atoms with Crippen molar-refractivity contribution in [3.05, 3.63) is 42.2 Å². The van der Waals surface area contributed by atoms with Gasteiger partial charge >= 0.3 is 0 Å². The first-order valence-electron chi connectivity index (χ1n) is 7.01. The molecule has 3 nitrogen and oxygen atoms in total. The van der Waals surface area contributed by atoms with Gasteiger partial charge in [0.2, 0.25) is 0 Å². The molecule has 0 amide bonds. The summed E-state index contributed by atoms with van der Waals surface area (Å²) in [4.78, 5) is 4.23. The summed E-state index contributed by atoms with van der Waals surface area (Å²) in [6.07, 6.45) is 6.12. The molecule has 1 aromatic heterocycles. The smallest absolute Gasteiger partial charge is 0.0619 e. The standard InChI is InChI=1S/C16H20N2O/c1-2-15-13(7-9-19-15)16(17)12-5-3-4-11-6-8-18-10-14(11)12/h3-6,8,10,13,15-16H,2,7,9,17H2,1H3. The van der Waals surface area contributed by atoms with Crippen LogP contribution in [-0.4, -0.2) is 17.7 Å². The lowest BCUT2D eigenvalue weighted by atomic mass is 9.86. The highest BCUT2D eigenvalue weighted by molar-refractivity contribution is 5.85. The SMILES string of the molecule is CCC1OCCC1C(N)c1cccc2ccncc12. The van der Waals surface area contributed by atoms with E-state index in [9.17, 15) is 0 Å². The molecule has 19 heavy (non-hydrogen) atoms.